The second-order valence-corrected chi connectivity index (χ2v) is 5.25. The lowest BCUT2D eigenvalue weighted by molar-refractivity contribution is 0.0743. The molecule has 4 nitrogen and oxygen atoms in total. The number of carbonyl (C=O) groups is 1. The number of benzene rings is 1. The van der Waals surface area contributed by atoms with Gasteiger partial charge in [-0.25, -0.2) is 0 Å². The lowest BCUT2D eigenvalue weighted by Crippen LogP contribution is -2.34. The normalized spacial score (nSPS) is 16.6. The maximum Gasteiger partial charge on any atom is 0.256 e. The molecule has 0 saturated carbocycles. The number of hydrazine groups is 1. The number of nitrogens with two attached hydrogens (primary N) is 1. The Hall–Kier alpha value is -1.55. The predicted octanol–water partition coefficient (Wildman–Crippen LogP) is 2.69. The predicted molar refractivity (Wildman–Crippen MR) is 78.0 cm³/mol. The zero-order valence-corrected chi connectivity index (χ0v) is 11.6. The van der Waals surface area contributed by atoms with Gasteiger partial charge in [0.25, 0.3) is 5.91 Å². The summed E-state index contributed by atoms with van der Waals surface area (Å²) in [7, 11) is 0. The highest BCUT2D eigenvalue weighted by Gasteiger charge is 2.19. The van der Waals surface area contributed by atoms with Crippen LogP contribution in [0.1, 0.15) is 48.0 Å². The van der Waals surface area contributed by atoms with Gasteiger partial charge in [0.2, 0.25) is 0 Å². The van der Waals surface area contributed by atoms with Crippen molar-refractivity contribution in [2.75, 3.05) is 18.5 Å². The zero-order chi connectivity index (χ0) is 13.7. The highest BCUT2D eigenvalue weighted by molar-refractivity contribution is 5.99. The van der Waals surface area contributed by atoms with Gasteiger partial charge in [-0.15, -0.1) is 0 Å². The Morgan fingerprint density at radius 1 is 1.16 bits per heavy atom. The van der Waals surface area contributed by atoms with E-state index in [-0.39, 0.29) is 5.91 Å². The van der Waals surface area contributed by atoms with Crippen molar-refractivity contribution in [1.29, 1.82) is 0 Å². The van der Waals surface area contributed by atoms with Crippen LogP contribution in [0.2, 0.25) is 0 Å². The van der Waals surface area contributed by atoms with Crippen molar-refractivity contribution in [2.24, 2.45) is 5.84 Å². The van der Waals surface area contributed by atoms with Crippen LogP contribution in [-0.4, -0.2) is 23.9 Å². The largest absolute Gasteiger partial charge is 0.339 e. The monoisotopic (exact) mass is 261 g/mol. The van der Waals surface area contributed by atoms with Gasteiger partial charge < -0.3 is 10.3 Å². The Labute approximate surface area is 114 Å². The van der Waals surface area contributed by atoms with Gasteiger partial charge in [-0.05, 0) is 31.9 Å². The first-order valence-corrected chi connectivity index (χ1v) is 7.09. The molecule has 1 fully saturated rings. The van der Waals surface area contributed by atoms with Crippen molar-refractivity contribution in [3.8, 4) is 0 Å². The van der Waals surface area contributed by atoms with Crippen LogP contribution in [0.15, 0.2) is 18.2 Å². The lowest BCUT2D eigenvalue weighted by atomic mass is 10.1. The van der Waals surface area contributed by atoms with E-state index in [0.717, 1.165) is 31.5 Å². The molecule has 1 saturated heterocycles. The molecule has 1 aromatic carbocycles. The molecule has 3 N–H and O–H groups in total. The summed E-state index contributed by atoms with van der Waals surface area (Å²) in [5.41, 5.74) is 5.09. The van der Waals surface area contributed by atoms with Crippen LogP contribution in [0.4, 0.5) is 5.69 Å². The van der Waals surface area contributed by atoms with E-state index in [1.807, 2.05) is 30.0 Å². The van der Waals surface area contributed by atoms with Crippen molar-refractivity contribution in [3.63, 3.8) is 0 Å². The summed E-state index contributed by atoms with van der Waals surface area (Å²) in [6.45, 7) is 3.71. The summed E-state index contributed by atoms with van der Waals surface area (Å²) in [5.74, 6) is 5.60. The fourth-order valence-corrected chi connectivity index (χ4v) is 2.58. The van der Waals surface area contributed by atoms with Crippen molar-refractivity contribution < 1.29 is 4.79 Å². The van der Waals surface area contributed by atoms with Crippen LogP contribution >= 0.6 is 0 Å². The lowest BCUT2D eigenvalue weighted by Gasteiger charge is -2.25. The molecule has 2 rings (SSSR count). The number of rotatable bonds is 2. The fraction of sp³-hybridized carbons (Fsp3) is 0.533. The van der Waals surface area contributed by atoms with E-state index in [0.29, 0.717) is 11.3 Å². The van der Waals surface area contributed by atoms with E-state index in [9.17, 15) is 4.79 Å². The van der Waals surface area contributed by atoms with Crippen molar-refractivity contribution in [2.45, 2.75) is 39.0 Å². The number of carbonyl (C=O) groups excluding carboxylic acids is 1. The minimum Gasteiger partial charge on any atom is -0.339 e. The summed E-state index contributed by atoms with van der Waals surface area (Å²) >= 11 is 0. The summed E-state index contributed by atoms with van der Waals surface area (Å²) in [6, 6.07) is 5.74. The van der Waals surface area contributed by atoms with Crippen LogP contribution in [0.25, 0.3) is 0 Å². The standard InChI is InChI=1S/C15H23N3O/c1-12-7-8-14(17-16)13(11-12)15(19)18-9-5-3-2-4-6-10-18/h7-8,11,17H,2-6,9-10,16H2,1H3. The number of anilines is 1. The summed E-state index contributed by atoms with van der Waals surface area (Å²) in [5, 5.41) is 0. The van der Waals surface area contributed by atoms with Crippen molar-refractivity contribution >= 4 is 11.6 Å². The summed E-state index contributed by atoms with van der Waals surface area (Å²) in [6.07, 6.45) is 5.94. The molecule has 0 radical (unpaired) electrons. The Kier molecular flexibility index (Phi) is 4.80. The first-order chi connectivity index (χ1) is 9.22. The number of nitrogen functional groups attached to an aromatic ring is 1. The second-order valence-electron chi connectivity index (χ2n) is 5.25. The van der Waals surface area contributed by atoms with Gasteiger partial charge in [0, 0.05) is 13.1 Å². The number of hydrogen-bond donors (Lipinski definition) is 2. The van der Waals surface area contributed by atoms with Gasteiger partial charge in [0.05, 0.1) is 11.3 Å². The molecule has 1 aromatic rings. The van der Waals surface area contributed by atoms with Gasteiger partial charge in [-0.3, -0.25) is 10.6 Å². The molecule has 0 spiro atoms. The maximum atomic E-state index is 12.6. The van der Waals surface area contributed by atoms with Crippen LogP contribution in [0.5, 0.6) is 0 Å². The molecule has 1 aliphatic heterocycles. The van der Waals surface area contributed by atoms with Gasteiger partial charge in [-0.1, -0.05) is 30.9 Å². The number of nitrogens with one attached hydrogen (secondary N) is 1. The molecule has 0 aliphatic carbocycles. The number of likely N-dealkylation sites (tertiary alicyclic amines) is 1. The minimum atomic E-state index is 0.0959. The minimum absolute atomic E-state index is 0.0959. The maximum absolute atomic E-state index is 12.6. The smallest absolute Gasteiger partial charge is 0.256 e. The molecule has 1 aliphatic rings. The summed E-state index contributed by atoms with van der Waals surface area (Å²) in [4.78, 5) is 14.6. The average molecular weight is 261 g/mol. The third-order valence-corrected chi connectivity index (χ3v) is 3.70. The molecule has 1 heterocycles. The average Bonchev–Trinajstić information content (AvgIpc) is 2.37. The molecule has 0 bridgehead atoms. The summed E-state index contributed by atoms with van der Waals surface area (Å²) < 4.78 is 0. The van der Waals surface area contributed by atoms with Crippen molar-refractivity contribution in [3.05, 3.63) is 29.3 Å². The van der Waals surface area contributed by atoms with Gasteiger partial charge in [-0.2, -0.15) is 0 Å². The van der Waals surface area contributed by atoms with E-state index in [1.54, 1.807) is 0 Å². The quantitative estimate of drug-likeness (QED) is 0.635. The van der Waals surface area contributed by atoms with Crippen LogP contribution in [-0.2, 0) is 0 Å². The second kappa shape index (κ2) is 6.57. The van der Waals surface area contributed by atoms with E-state index in [1.165, 1.54) is 19.3 Å². The molecule has 4 heteroatoms. The highest BCUT2D eigenvalue weighted by atomic mass is 16.2. The molecule has 1 amide bonds. The van der Waals surface area contributed by atoms with Gasteiger partial charge in [0.15, 0.2) is 0 Å². The Morgan fingerprint density at radius 3 is 2.42 bits per heavy atom. The van der Waals surface area contributed by atoms with Crippen LogP contribution < -0.4 is 11.3 Å². The van der Waals surface area contributed by atoms with Crippen molar-refractivity contribution in [1.82, 2.24) is 4.90 Å². The fourth-order valence-electron chi connectivity index (χ4n) is 2.58. The number of aryl methyl sites for hydroxylation is 1. The number of nitrogens with zero attached hydrogens (tertiary/aromatic N) is 1. The van der Waals surface area contributed by atoms with Gasteiger partial charge in [0.1, 0.15) is 0 Å². The Morgan fingerprint density at radius 2 is 1.79 bits per heavy atom. The Bertz CT molecular complexity index is 437. The third kappa shape index (κ3) is 3.47. The number of hydrogen-bond acceptors (Lipinski definition) is 3. The molecule has 19 heavy (non-hydrogen) atoms. The number of amides is 1. The van der Waals surface area contributed by atoms with Gasteiger partial charge >= 0.3 is 0 Å². The molecule has 104 valence electrons. The highest BCUT2D eigenvalue weighted by Crippen LogP contribution is 2.20. The molecule has 0 aromatic heterocycles. The van der Waals surface area contributed by atoms with E-state index < -0.39 is 0 Å². The SMILES string of the molecule is Cc1ccc(NN)c(C(=O)N2CCCCCCC2)c1. The third-order valence-electron chi connectivity index (χ3n) is 3.70. The molecular weight excluding hydrogens is 238 g/mol. The molecule has 0 unspecified atom stereocenters. The first kappa shape index (κ1) is 13.9. The Balaban J connectivity index is 2.19. The van der Waals surface area contributed by atoms with E-state index in [2.05, 4.69) is 5.43 Å². The zero-order valence-electron chi connectivity index (χ0n) is 11.6. The van der Waals surface area contributed by atoms with E-state index >= 15 is 0 Å². The van der Waals surface area contributed by atoms with Crippen LogP contribution in [0.3, 0.4) is 0 Å². The topological polar surface area (TPSA) is 58.4 Å². The van der Waals surface area contributed by atoms with Crippen LogP contribution in [0, 0.1) is 6.92 Å². The van der Waals surface area contributed by atoms with E-state index in [4.69, 9.17) is 5.84 Å². The molecule has 0 atom stereocenters. The first-order valence-electron chi connectivity index (χ1n) is 7.09. The molecular formula is C15H23N3O.